The van der Waals surface area contributed by atoms with Crippen LogP contribution in [0.1, 0.15) is 63.7 Å². The molecule has 0 spiro atoms. The predicted octanol–water partition coefficient (Wildman–Crippen LogP) is 5.40. The SMILES string of the molecule is CC(C)N(CC(=O)N(Cc1ccc(F)cc1)Cc1ccco1)C(=O)C12CC3CC(CC(C3)C1)C2. The van der Waals surface area contributed by atoms with Crippen molar-refractivity contribution >= 4 is 11.8 Å². The first-order valence-corrected chi connectivity index (χ1v) is 12.7. The van der Waals surface area contributed by atoms with Crippen LogP contribution < -0.4 is 0 Å². The molecule has 0 atom stereocenters. The number of benzene rings is 1. The number of carbonyl (C=O) groups excluding carboxylic acids is 2. The number of carbonyl (C=O) groups is 2. The van der Waals surface area contributed by atoms with E-state index in [0.717, 1.165) is 24.8 Å². The average Bonchev–Trinajstić information content (AvgIpc) is 3.30. The van der Waals surface area contributed by atoms with Crippen LogP contribution in [0.25, 0.3) is 0 Å². The van der Waals surface area contributed by atoms with E-state index in [4.69, 9.17) is 4.42 Å². The van der Waals surface area contributed by atoms with Crippen LogP contribution in [0.4, 0.5) is 4.39 Å². The van der Waals surface area contributed by atoms with Crippen LogP contribution in [0.15, 0.2) is 47.1 Å². The maximum atomic E-state index is 14.0. The van der Waals surface area contributed by atoms with Gasteiger partial charge >= 0.3 is 0 Å². The van der Waals surface area contributed by atoms with Crippen molar-refractivity contribution in [3.8, 4) is 0 Å². The Labute approximate surface area is 201 Å². The molecule has 1 aromatic carbocycles. The van der Waals surface area contributed by atoms with Gasteiger partial charge in [0.05, 0.1) is 18.2 Å². The molecule has 6 heteroatoms. The third kappa shape index (κ3) is 4.64. The van der Waals surface area contributed by atoms with Crippen molar-refractivity contribution in [3.05, 3.63) is 59.8 Å². The van der Waals surface area contributed by atoms with Gasteiger partial charge in [-0.15, -0.1) is 0 Å². The molecule has 182 valence electrons. The topological polar surface area (TPSA) is 53.8 Å². The second-order valence-corrected chi connectivity index (χ2v) is 11.2. The van der Waals surface area contributed by atoms with E-state index in [2.05, 4.69) is 0 Å². The lowest BCUT2D eigenvalue weighted by Crippen LogP contribution is -2.57. The Hall–Kier alpha value is -2.63. The van der Waals surface area contributed by atoms with Crippen molar-refractivity contribution < 1.29 is 18.4 Å². The predicted molar refractivity (Wildman–Crippen MR) is 127 cm³/mol. The van der Waals surface area contributed by atoms with E-state index in [1.165, 1.54) is 31.4 Å². The van der Waals surface area contributed by atoms with Crippen LogP contribution in [0.5, 0.6) is 0 Å². The molecular formula is C28H35FN2O3. The Morgan fingerprint density at radius 2 is 1.62 bits per heavy atom. The van der Waals surface area contributed by atoms with Crippen LogP contribution in [-0.2, 0) is 22.7 Å². The van der Waals surface area contributed by atoms with Crippen LogP contribution in [0.3, 0.4) is 0 Å². The first-order chi connectivity index (χ1) is 16.3. The van der Waals surface area contributed by atoms with Crippen molar-refractivity contribution in [2.24, 2.45) is 23.2 Å². The Morgan fingerprint density at radius 3 is 2.15 bits per heavy atom. The van der Waals surface area contributed by atoms with Gasteiger partial charge in [-0.1, -0.05) is 12.1 Å². The fourth-order valence-corrected chi connectivity index (χ4v) is 7.04. The fraction of sp³-hybridized carbons (Fsp3) is 0.571. The summed E-state index contributed by atoms with van der Waals surface area (Å²) in [5, 5.41) is 0. The first-order valence-electron chi connectivity index (χ1n) is 12.7. The largest absolute Gasteiger partial charge is 0.467 e. The number of rotatable bonds is 8. The third-order valence-corrected chi connectivity index (χ3v) is 8.25. The van der Waals surface area contributed by atoms with Gasteiger partial charge in [0, 0.05) is 12.6 Å². The van der Waals surface area contributed by atoms with Gasteiger partial charge in [-0.25, -0.2) is 4.39 Å². The first kappa shape index (κ1) is 23.1. The quantitative estimate of drug-likeness (QED) is 0.523. The highest BCUT2D eigenvalue weighted by Crippen LogP contribution is 2.60. The Bertz CT molecular complexity index is 979. The zero-order valence-electron chi connectivity index (χ0n) is 20.2. The number of halogens is 1. The summed E-state index contributed by atoms with van der Waals surface area (Å²) in [5.41, 5.74) is 0.562. The lowest BCUT2D eigenvalue weighted by molar-refractivity contribution is -0.162. The summed E-state index contributed by atoms with van der Waals surface area (Å²) in [5.74, 6) is 2.46. The highest BCUT2D eigenvalue weighted by molar-refractivity contribution is 5.88. The van der Waals surface area contributed by atoms with E-state index in [1.807, 2.05) is 24.8 Å². The average molecular weight is 467 g/mol. The van der Waals surface area contributed by atoms with Gasteiger partial charge in [0.15, 0.2) is 0 Å². The molecule has 6 rings (SSSR count). The summed E-state index contributed by atoms with van der Waals surface area (Å²) >= 11 is 0. The second-order valence-electron chi connectivity index (χ2n) is 11.2. The molecule has 4 aliphatic rings. The molecule has 4 saturated carbocycles. The van der Waals surface area contributed by atoms with Gasteiger partial charge in [0.1, 0.15) is 18.1 Å². The third-order valence-electron chi connectivity index (χ3n) is 8.25. The van der Waals surface area contributed by atoms with Gasteiger partial charge in [0.2, 0.25) is 11.8 Å². The highest BCUT2D eigenvalue weighted by atomic mass is 19.1. The van der Waals surface area contributed by atoms with E-state index in [-0.39, 0.29) is 35.6 Å². The maximum Gasteiger partial charge on any atom is 0.242 e. The zero-order valence-corrected chi connectivity index (χ0v) is 20.2. The van der Waals surface area contributed by atoms with Crippen molar-refractivity contribution in [2.75, 3.05) is 6.54 Å². The van der Waals surface area contributed by atoms with Crippen LogP contribution in [-0.4, -0.2) is 34.2 Å². The van der Waals surface area contributed by atoms with Crippen LogP contribution >= 0.6 is 0 Å². The van der Waals surface area contributed by atoms with Crippen molar-refractivity contribution in [1.29, 1.82) is 0 Å². The van der Waals surface area contributed by atoms with Gasteiger partial charge < -0.3 is 14.2 Å². The Morgan fingerprint density at radius 1 is 1.00 bits per heavy atom. The van der Waals surface area contributed by atoms with Crippen molar-refractivity contribution in [1.82, 2.24) is 9.80 Å². The Kier molecular flexibility index (Phi) is 6.26. The molecule has 0 N–H and O–H groups in total. The molecule has 1 heterocycles. The maximum absolute atomic E-state index is 14.0. The molecule has 1 aromatic heterocycles. The monoisotopic (exact) mass is 466 g/mol. The van der Waals surface area contributed by atoms with E-state index >= 15 is 0 Å². The van der Waals surface area contributed by atoms with Gasteiger partial charge in [-0.05, 0) is 100.0 Å². The normalized spacial score (nSPS) is 27.2. The second kappa shape index (κ2) is 9.20. The summed E-state index contributed by atoms with van der Waals surface area (Å²) in [6.45, 7) is 4.70. The van der Waals surface area contributed by atoms with E-state index in [9.17, 15) is 14.0 Å². The molecule has 34 heavy (non-hydrogen) atoms. The molecule has 4 bridgehead atoms. The van der Waals surface area contributed by atoms with Gasteiger partial charge in [-0.3, -0.25) is 9.59 Å². The molecule has 5 nitrogen and oxygen atoms in total. The molecule has 0 unspecified atom stereocenters. The molecule has 2 aromatic rings. The number of furan rings is 1. The number of hydrogen-bond acceptors (Lipinski definition) is 3. The molecule has 0 radical (unpaired) electrons. The fourth-order valence-electron chi connectivity index (χ4n) is 7.04. The molecule has 2 amide bonds. The lowest BCUT2D eigenvalue weighted by atomic mass is 9.49. The summed E-state index contributed by atoms with van der Waals surface area (Å²) in [7, 11) is 0. The minimum absolute atomic E-state index is 0.0549. The molecular weight excluding hydrogens is 431 g/mol. The summed E-state index contributed by atoms with van der Waals surface area (Å²) in [6, 6.07) is 9.78. The molecule has 0 aliphatic heterocycles. The van der Waals surface area contributed by atoms with E-state index in [1.54, 1.807) is 29.4 Å². The summed E-state index contributed by atoms with van der Waals surface area (Å²) < 4.78 is 18.9. The van der Waals surface area contributed by atoms with Crippen molar-refractivity contribution in [3.63, 3.8) is 0 Å². The van der Waals surface area contributed by atoms with Crippen LogP contribution in [0, 0.1) is 29.0 Å². The zero-order chi connectivity index (χ0) is 23.9. The number of nitrogens with zero attached hydrogens (tertiary/aromatic N) is 2. The van der Waals surface area contributed by atoms with Gasteiger partial charge in [0.25, 0.3) is 0 Å². The Balaban J connectivity index is 1.34. The number of amides is 2. The molecule has 0 saturated heterocycles. The smallest absolute Gasteiger partial charge is 0.242 e. The molecule has 4 fully saturated rings. The summed E-state index contributed by atoms with van der Waals surface area (Å²) in [6.07, 6.45) is 8.39. The van der Waals surface area contributed by atoms with Crippen molar-refractivity contribution in [2.45, 2.75) is 71.5 Å². The molecule has 4 aliphatic carbocycles. The van der Waals surface area contributed by atoms with E-state index in [0.29, 0.717) is 36.6 Å². The van der Waals surface area contributed by atoms with Crippen LogP contribution in [0.2, 0.25) is 0 Å². The number of hydrogen-bond donors (Lipinski definition) is 0. The highest BCUT2D eigenvalue weighted by Gasteiger charge is 2.56. The minimum Gasteiger partial charge on any atom is -0.467 e. The van der Waals surface area contributed by atoms with Gasteiger partial charge in [-0.2, -0.15) is 0 Å². The standard InChI is InChI=1S/C28H35FN2O3/c1-19(2)31(27(33)28-13-21-10-22(14-28)12-23(11-21)15-28)18-26(32)30(17-25-4-3-9-34-25)16-20-5-7-24(29)8-6-20/h3-9,19,21-23H,10-18H2,1-2H3. The van der Waals surface area contributed by atoms with E-state index < -0.39 is 0 Å². The minimum atomic E-state index is -0.306. The lowest BCUT2D eigenvalue weighted by Gasteiger charge is -2.57. The summed E-state index contributed by atoms with van der Waals surface area (Å²) in [4.78, 5) is 31.1.